The van der Waals surface area contributed by atoms with Gasteiger partial charge in [-0.15, -0.1) is 0 Å². The third kappa shape index (κ3) is 3.42. The Morgan fingerprint density at radius 3 is 1.70 bits per heavy atom. The number of benzene rings is 4. The fraction of sp³-hybridized carbons (Fsp3) is 0.200. The highest BCUT2D eigenvalue weighted by Gasteiger charge is 2.52. The SMILES string of the molecule is CC(C)(C)[Si](Oc1ccc2c(c1)-c1ccccc1[Si]2(C)C)(c1ccccc1)c1ccccc1. The zero-order valence-electron chi connectivity index (χ0n) is 20.2. The van der Waals surface area contributed by atoms with Crippen LogP contribution in [0, 0.1) is 0 Å². The highest BCUT2D eigenvalue weighted by molar-refractivity contribution is 7.04. The van der Waals surface area contributed by atoms with Gasteiger partial charge in [0.15, 0.2) is 0 Å². The van der Waals surface area contributed by atoms with Crippen LogP contribution in [-0.2, 0) is 0 Å². The average molecular weight is 465 g/mol. The summed E-state index contributed by atoms with van der Waals surface area (Å²) in [6.07, 6.45) is 0. The smallest absolute Gasteiger partial charge is 0.319 e. The van der Waals surface area contributed by atoms with Crippen molar-refractivity contribution in [1.29, 1.82) is 0 Å². The van der Waals surface area contributed by atoms with Crippen LogP contribution < -0.4 is 25.2 Å². The van der Waals surface area contributed by atoms with Crippen LogP contribution in [0.3, 0.4) is 0 Å². The maximum atomic E-state index is 7.30. The number of hydrogen-bond donors (Lipinski definition) is 0. The molecular weight excluding hydrogens is 433 g/mol. The summed E-state index contributed by atoms with van der Waals surface area (Å²) in [5.74, 6) is 0.976. The fourth-order valence-corrected chi connectivity index (χ4v) is 13.1. The maximum absolute atomic E-state index is 7.30. The van der Waals surface area contributed by atoms with Crippen molar-refractivity contribution in [3.63, 3.8) is 0 Å². The standard InChI is InChI=1S/C30H32OSi2/c1-30(2,3)33(24-14-8-6-9-15-24,25-16-10-7-11-17-25)31-23-20-21-29-27(22-23)26-18-12-13-19-28(26)32(29,4)5/h6-22H,1-5H3. The van der Waals surface area contributed by atoms with E-state index in [9.17, 15) is 0 Å². The van der Waals surface area contributed by atoms with Gasteiger partial charge >= 0.3 is 8.32 Å². The van der Waals surface area contributed by atoms with Crippen LogP contribution in [-0.4, -0.2) is 16.4 Å². The van der Waals surface area contributed by atoms with Crippen molar-refractivity contribution in [2.24, 2.45) is 0 Å². The van der Waals surface area contributed by atoms with Crippen LogP contribution in [0.15, 0.2) is 103 Å². The second-order valence-corrected chi connectivity index (χ2v) is 19.2. The molecular formula is C30H32OSi2. The predicted molar refractivity (Wildman–Crippen MR) is 147 cm³/mol. The normalized spacial score (nSPS) is 14.5. The van der Waals surface area contributed by atoms with Gasteiger partial charge in [-0.2, -0.15) is 0 Å². The Bertz CT molecular complexity index is 1250. The molecule has 4 aromatic carbocycles. The number of rotatable bonds is 4. The number of hydrogen-bond acceptors (Lipinski definition) is 1. The van der Waals surface area contributed by atoms with E-state index in [0.29, 0.717) is 0 Å². The van der Waals surface area contributed by atoms with Gasteiger partial charge in [-0.3, -0.25) is 0 Å². The molecule has 0 atom stereocenters. The van der Waals surface area contributed by atoms with Crippen LogP contribution in [0.2, 0.25) is 18.1 Å². The summed E-state index contributed by atoms with van der Waals surface area (Å²) in [4.78, 5) is 0. The maximum Gasteiger partial charge on any atom is 0.319 e. The lowest BCUT2D eigenvalue weighted by molar-refractivity contribution is 0.508. The van der Waals surface area contributed by atoms with Crippen LogP contribution >= 0.6 is 0 Å². The Balaban J connectivity index is 1.71. The highest BCUT2D eigenvalue weighted by atomic mass is 28.4. The van der Waals surface area contributed by atoms with Gasteiger partial charge in [-0.1, -0.05) is 125 Å². The molecule has 0 aromatic heterocycles. The number of fused-ring (bicyclic) bond motifs is 3. The minimum atomic E-state index is -2.64. The van der Waals surface area contributed by atoms with E-state index in [4.69, 9.17) is 4.43 Å². The Morgan fingerprint density at radius 2 is 1.12 bits per heavy atom. The second kappa shape index (κ2) is 7.86. The van der Waals surface area contributed by atoms with Crippen molar-refractivity contribution in [2.75, 3.05) is 0 Å². The predicted octanol–water partition coefficient (Wildman–Crippen LogP) is 5.43. The molecule has 5 rings (SSSR count). The summed E-state index contributed by atoms with van der Waals surface area (Å²) >= 11 is 0. The van der Waals surface area contributed by atoms with Crippen LogP contribution in [0.5, 0.6) is 5.75 Å². The molecule has 1 heterocycles. The van der Waals surface area contributed by atoms with Crippen LogP contribution in [0.1, 0.15) is 20.8 Å². The molecule has 166 valence electrons. The third-order valence-electron chi connectivity index (χ3n) is 7.24. The lowest BCUT2D eigenvalue weighted by atomic mass is 10.1. The molecule has 0 N–H and O–H groups in total. The molecule has 1 aliphatic heterocycles. The Labute approximate surface area is 200 Å². The van der Waals surface area contributed by atoms with Crippen molar-refractivity contribution in [2.45, 2.75) is 38.9 Å². The van der Waals surface area contributed by atoms with E-state index in [0.717, 1.165) is 5.75 Å². The van der Waals surface area contributed by atoms with Crippen molar-refractivity contribution in [3.8, 4) is 16.9 Å². The summed E-state index contributed by atoms with van der Waals surface area (Å²) < 4.78 is 7.30. The van der Waals surface area contributed by atoms with E-state index < -0.39 is 16.4 Å². The molecule has 33 heavy (non-hydrogen) atoms. The highest BCUT2D eigenvalue weighted by Crippen LogP contribution is 2.39. The van der Waals surface area contributed by atoms with Gasteiger partial charge in [0.25, 0.3) is 0 Å². The molecule has 0 spiro atoms. The van der Waals surface area contributed by atoms with Crippen LogP contribution in [0.4, 0.5) is 0 Å². The van der Waals surface area contributed by atoms with E-state index >= 15 is 0 Å². The van der Waals surface area contributed by atoms with Crippen molar-refractivity contribution in [3.05, 3.63) is 103 Å². The van der Waals surface area contributed by atoms with Gasteiger partial charge < -0.3 is 4.43 Å². The molecule has 0 saturated carbocycles. The summed E-state index contributed by atoms with van der Waals surface area (Å²) in [5.41, 5.74) is 2.75. The first-order chi connectivity index (χ1) is 15.7. The summed E-state index contributed by atoms with van der Waals surface area (Å²) in [7, 11) is -4.31. The molecule has 0 unspecified atom stereocenters. The lowest BCUT2D eigenvalue weighted by Gasteiger charge is -2.43. The van der Waals surface area contributed by atoms with Crippen molar-refractivity contribution < 1.29 is 4.43 Å². The topological polar surface area (TPSA) is 9.23 Å². The minimum absolute atomic E-state index is 0.0549. The molecule has 0 amide bonds. The van der Waals surface area contributed by atoms with Crippen LogP contribution in [0.25, 0.3) is 11.1 Å². The Kier molecular flexibility index (Phi) is 5.22. The minimum Gasteiger partial charge on any atom is -0.534 e. The molecule has 0 saturated heterocycles. The quantitative estimate of drug-likeness (QED) is 0.366. The van der Waals surface area contributed by atoms with Crippen molar-refractivity contribution in [1.82, 2.24) is 0 Å². The van der Waals surface area contributed by atoms with Gasteiger partial charge in [-0.25, -0.2) is 0 Å². The molecule has 1 aliphatic rings. The monoisotopic (exact) mass is 464 g/mol. The van der Waals surface area contributed by atoms with E-state index in [1.165, 1.54) is 31.9 Å². The van der Waals surface area contributed by atoms with Gasteiger partial charge in [0.1, 0.15) is 13.8 Å². The summed E-state index contributed by atoms with van der Waals surface area (Å²) in [6.45, 7) is 11.9. The largest absolute Gasteiger partial charge is 0.534 e. The third-order valence-corrected chi connectivity index (χ3v) is 15.8. The van der Waals surface area contributed by atoms with E-state index in [2.05, 4.69) is 137 Å². The average Bonchev–Trinajstić information content (AvgIpc) is 3.04. The first kappa shape index (κ1) is 21.9. The van der Waals surface area contributed by atoms with E-state index in [1.807, 2.05) is 0 Å². The second-order valence-electron chi connectivity index (χ2n) is 10.6. The Morgan fingerprint density at radius 1 is 0.606 bits per heavy atom. The molecule has 0 radical (unpaired) electrons. The van der Waals surface area contributed by atoms with E-state index in [-0.39, 0.29) is 5.04 Å². The molecule has 0 fully saturated rings. The molecule has 0 bridgehead atoms. The first-order valence-corrected chi connectivity index (χ1v) is 16.7. The lowest BCUT2D eigenvalue weighted by Crippen LogP contribution is -2.68. The summed E-state index contributed by atoms with van der Waals surface area (Å²) in [6, 6.07) is 37.6. The Hall–Kier alpha value is -2.89. The summed E-state index contributed by atoms with van der Waals surface area (Å²) in [5, 5.41) is 5.60. The molecule has 3 heteroatoms. The van der Waals surface area contributed by atoms with Gasteiger partial charge in [0.05, 0.1) is 0 Å². The van der Waals surface area contributed by atoms with Gasteiger partial charge in [0, 0.05) is 0 Å². The molecule has 1 nitrogen and oxygen atoms in total. The zero-order chi connectivity index (χ0) is 23.3. The molecule has 0 aliphatic carbocycles. The van der Waals surface area contributed by atoms with Gasteiger partial charge in [-0.05, 0) is 49.0 Å². The first-order valence-electron chi connectivity index (χ1n) is 11.8. The molecule has 4 aromatic rings. The van der Waals surface area contributed by atoms with E-state index in [1.54, 1.807) is 0 Å². The fourth-order valence-electron chi connectivity index (χ4n) is 5.59. The van der Waals surface area contributed by atoms with Gasteiger partial charge in [0.2, 0.25) is 0 Å². The van der Waals surface area contributed by atoms with Crippen molar-refractivity contribution >= 4 is 37.1 Å². The zero-order valence-corrected chi connectivity index (χ0v) is 22.2.